The van der Waals surface area contributed by atoms with Crippen molar-refractivity contribution in [2.75, 3.05) is 34.2 Å². The molecule has 22 heavy (non-hydrogen) atoms. The summed E-state index contributed by atoms with van der Waals surface area (Å²) < 4.78 is 20.2. The number of carbonyl (C=O) groups excluding carboxylic acids is 2. The Morgan fingerprint density at radius 3 is 2.73 bits per heavy atom. The number of fused-ring (bicyclic) bond motifs is 1. The van der Waals surface area contributed by atoms with Crippen LogP contribution in [0.25, 0.3) is 0 Å². The van der Waals surface area contributed by atoms with Gasteiger partial charge in [0.1, 0.15) is 6.61 Å². The summed E-state index contributed by atoms with van der Waals surface area (Å²) in [4.78, 5) is 25.5. The number of hydrogen-bond donors (Lipinski definition) is 0. The number of benzene rings is 1. The van der Waals surface area contributed by atoms with Gasteiger partial charge in [0.25, 0.3) is 0 Å². The maximum Gasteiger partial charge on any atom is 0.410 e. The molecule has 1 aromatic rings. The maximum atomic E-state index is 12.4. The van der Waals surface area contributed by atoms with Gasteiger partial charge in [0.15, 0.2) is 17.3 Å². The first-order valence-electron chi connectivity index (χ1n) is 6.87. The van der Waals surface area contributed by atoms with Crippen LogP contribution in [-0.4, -0.2) is 57.0 Å². The van der Waals surface area contributed by atoms with Gasteiger partial charge in [-0.25, -0.2) is 4.79 Å². The zero-order valence-electron chi connectivity index (χ0n) is 12.8. The van der Waals surface area contributed by atoms with Gasteiger partial charge < -0.3 is 23.8 Å². The van der Waals surface area contributed by atoms with Crippen molar-refractivity contribution in [1.29, 1.82) is 0 Å². The van der Waals surface area contributed by atoms with E-state index in [2.05, 4.69) is 0 Å². The highest BCUT2D eigenvalue weighted by Crippen LogP contribution is 2.32. The van der Waals surface area contributed by atoms with Crippen LogP contribution in [0.15, 0.2) is 18.2 Å². The smallest absolute Gasteiger partial charge is 0.410 e. The number of hydrogen-bond acceptors (Lipinski definition) is 6. The van der Waals surface area contributed by atoms with Crippen LogP contribution in [0.4, 0.5) is 4.79 Å². The Kier molecular flexibility index (Phi) is 5.21. The lowest BCUT2D eigenvalue weighted by Crippen LogP contribution is -2.41. The Labute approximate surface area is 128 Å². The molecule has 0 radical (unpaired) electrons. The first-order valence-corrected chi connectivity index (χ1v) is 6.87. The summed E-state index contributed by atoms with van der Waals surface area (Å²) in [5.41, 5.74) is 0.452. The average Bonchev–Trinajstić information content (AvgIpc) is 3.00. The second kappa shape index (κ2) is 7.13. The molecule has 1 amide bonds. The van der Waals surface area contributed by atoms with Gasteiger partial charge in [-0.05, 0) is 25.1 Å². The molecule has 0 saturated carbocycles. The predicted molar refractivity (Wildman–Crippen MR) is 77.3 cm³/mol. The molecule has 1 atom stereocenters. The van der Waals surface area contributed by atoms with Gasteiger partial charge in [0.05, 0.1) is 12.6 Å². The van der Waals surface area contributed by atoms with E-state index in [1.165, 1.54) is 19.1 Å². The van der Waals surface area contributed by atoms with Crippen molar-refractivity contribution in [3.63, 3.8) is 0 Å². The van der Waals surface area contributed by atoms with Crippen molar-refractivity contribution >= 4 is 11.9 Å². The number of likely N-dealkylation sites (N-methyl/N-ethyl adjacent to an activating group) is 1. The monoisotopic (exact) mass is 309 g/mol. The van der Waals surface area contributed by atoms with Crippen molar-refractivity contribution in [1.82, 2.24) is 4.90 Å². The standard InChI is InChI=1S/C15H19NO6/c1-10(16(2)15(18)20-7-6-19-3)14(17)11-4-5-12-13(8-11)22-9-21-12/h4-5,8,10H,6-7,9H2,1-3H3/t10-/m1/s1. The number of methoxy groups -OCH3 is 1. The van der Waals surface area contributed by atoms with E-state index in [1.807, 2.05) is 0 Å². The molecule has 0 saturated heterocycles. The van der Waals surface area contributed by atoms with Crippen LogP contribution < -0.4 is 9.47 Å². The Morgan fingerprint density at radius 1 is 1.27 bits per heavy atom. The minimum Gasteiger partial charge on any atom is -0.454 e. The zero-order chi connectivity index (χ0) is 16.1. The molecule has 0 N–H and O–H groups in total. The Hall–Kier alpha value is -2.28. The Bertz CT molecular complexity index is 559. The quantitative estimate of drug-likeness (QED) is 0.588. The van der Waals surface area contributed by atoms with Crippen molar-refractivity contribution in [3.05, 3.63) is 23.8 Å². The van der Waals surface area contributed by atoms with Gasteiger partial charge in [-0.15, -0.1) is 0 Å². The topological polar surface area (TPSA) is 74.3 Å². The fourth-order valence-corrected chi connectivity index (χ4v) is 1.94. The summed E-state index contributed by atoms with van der Waals surface area (Å²) in [6, 6.07) is 4.29. The summed E-state index contributed by atoms with van der Waals surface area (Å²) in [5, 5.41) is 0. The van der Waals surface area contributed by atoms with E-state index in [-0.39, 0.29) is 19.2 Å². The number of nitrogens with zero attached hydrogens (tertiary/aromatic N) is 1. The summed E-state index contributed by atoms with van der Waals surface area (Å²) in [7, 11) is 3.04. The van der Waals surface area contributed by atoms with E-state index in [0.717, 1.165) is 0 Å². The highest BCUT2D eigenvalue weighted by Gasteiger charge is 2.26. The normalized spacial score (nSPS) is 13.6. The summed E-state index contributed by atoms with van der Waals surface area (Å²) in [6.45, 7) is 2.24. The van der Waals surface area contributed by atoms with Crippen LogP contribution in [-0.2, 0) is 9.47 Å². The van der Waals surface area contributed by atoms with Gasteiger partial charge >= 0.3 is 6.09 Å². The third-order valence-corrected chi connectivity index (χ3v) is 3.42. The van der Waals surface area contributed by atoms with E-state index < -0.39 is 12.1 Å². The van der Waals surface area contributed by atoms with Crippen LogP contribution in [0, 0.1) is 0 Å². The van der Waals surface area contributed by atoms with Crippen LogP contribution in [0.2, 0.25) is 0 Å². The molecule has 0 fully saturated rings. The van der Waals surface area contributed by atoms with Gasteiger partial charge in [-0.3, -0.25) is 4.79 Å². The summed E-state index contributed by atoms with van der Waals surface area (Å²) >= 11 is 0. The second-order valence-electron chi connectivity index (χ2n) is 4.83. The lowest BCUT2D eigenvalue weighted by atomic mass is 10.0. The molecule has 7 nitrogen and oxygen atoms in total. The molecule has 1 aliphatic heterocycles. The molecule has 7 heteroatoms. The molecule has 0 bridgehead atoms. The third-order valence-electron chi connectivity index (χ3n) is 3.42. The molecule has 0 aromatic heterocycles. The molecule has 0 aliphatic carbocycles. The van der Waals surface area contributed by atoms with E-state index in [4.69, 9.17) is 18.9 Å². The van der Waals surface area contributed by atoms with Crippen molar-refractivity contribution in [2.45, 2.75) is 13.0 Å². The summed E-state index contributed by atoms with van der Waals surface area (Å²) in [6.07, 6.45) is -0.571. The van der Waals surface area contributed by atoms with Crippen LogP contribution >= 0.6 is 0 Å². The number of rotatable bonds is 6. The fourth-order valence-electron chi connectivity index (χ4n) is 1.94. The summed E-state index contributed by atoms with van der Waals surface area (Å²) in [5.74, 6) is 0.935. The largest absolute Gasteiger partial charge is 0.454 e. The maximum absolute atomic E-state index is 12.4. The molecule has 0 unspecified atom stereocenters. The molecule has 120 valence electrons. The zero-order valence-corrected chi connectivity index (χ0v) is 12.8. The van der Waals surface area contributed by atoms with E-state index in [1.54, 1.807) is 25.1 Å². The van der Waals surface area contributed by atoms with E-state index >= 15 is 0 Å². The predicted octanol–water partition coefficient (Wildman–Crippen LogP) is 1.70. The highest BCUT2D eigenvalue weighted by atomic mass is 16.7. The number of ether oxygens (including phenoxy) is 4. The molecule has 1 aromatic carbocycles. The Morgan fingerprint density at radius 2 is 2.00 bits per heavy atom. The number of carbonyl (C=O) groups is 2. The molecule has 1 aliphatic rings. The highest BCUT2D eigenvalue weighted by molar-refractivity contribution is 6.01. The van der Waals surface area contributed by atoms with Crippen molar-refractivity contribution in [3.8, 4) is 11.5 Å². The van der Waals surface area contributed by atoms with Gasteiger partial charge in [-0.1, -0.05) is 0 Å². The van der Waals surface area contributed by atoms with Gasteiger partial charge in [-0.2, -0.15) is 0 Å². The Balaban J connectivity index is 2.00. The molecular formula is C15H19NO6. The van der Waals surface area contributed by atoms with Crippen molar-refractivity contribution in [2.24, 2.45) is 0 Å². The number of Topliss-reactive ketones (excluding diaryl/α,β-unsaturated/α-hetero) is 1. The molecule has 1 heterocycles. The third kappa shape index (κ3) is 3.48. The minimum absolute atomic E-state index is 0.143. The van der Waals surface area contributed by atoms with E-state index in [0.29, 0.717) is 23.7 Å². The lowest BCUT2D eigenvalue weighted by molar-refractivity contribution is 0.0631. The second-order valence-corrected chi connectivity index (χ2v) is 4.83. The van der Waals surface area contributed by atoms with Crippen LogP contribution in [0.1, 0.15) is 17.3 Å². The lowest BCUT2D eigenvalue weighted by Gasteiger charge is -2.23. The number of ketones is 1. The first-order chi connectivity index (χ1) is 10.5. The minimum atomic E-state index is -0.657. The van der Waals surface area contributed by atoms with Crippen LogP contribution in [0.3, 0.4) is 0 Å². The molecule has 0 spiro atoms. The number of amides is 1. The molecular weight excluding hydrogens is 290 g/mol. The first kappa shape index (κ1) is 16.1. The van der Waals surface area contributed by atoms with Crippen molar-refractivity contribution < 1.29 is 28.5 Å². The average molecular weight is 309 g/mol. The fraction of sp³-hybridized carbons (Fsp3) is 0.467. The van der Waals surface area contributed by atoms with Gasteiger partial charge in [0, 0.05) is 19.7 Å². The van der Waals surface area contributed by atoms with Crippen LogP contribution in [0.5, 0.6) is 11.5 Å². The SMILES string of the molecule is COCCOC(=O)N(C)[C@H](C)C(=O)c1ccc2c(c1)OCO2. The van der Waals surface area contributed by atoms with E-state index in [9.17, 15) is 9.59 Å². The molecule has 2 rings (SSSR count). The van der Waals surface area contributed by atoms with Gasteiger partial charge in [0.2, 0.25) is 6.79 Å².